The highest BCUT2D eigenvalue weighted by atomic mass is 32.1. The first-order valence-corrected chi connectivity index (χ1v) is 10.1. The highest BCUT2D eigenvalue weighted by Gasteiger charge is 2.75. The van der Waals surface area contributed by atoms with E-state index >= 15 is 4.39 Å². The van der Waals surface area contributed by atoms with E-state index in [1.807, 2.05) is 0 Å². The van der Waals surface area contributed by atoms with Crippen LogP contribution in [0.1, 0.15) is 46.5 Å². The lowest BCUT2D eigenvalue weighted by Gasteiger charge is -2.62. The van der Waals surface area contributed by atoms with Crippen molar-refractivity contribution in [2.24, 2.45) is 28.6 Å². The average Bonchev–Trinajstić information content (AvgIpc) is 2.79. The number of hydrogen-bond acceptors (Lipinski definition) is 4. The van der Waals surface area contributed by atoms with Crippen molar-refractivity contribution in [2.45, 2.75) is 63.8 Å². The molecular weight excluding hydrogens is 367 g/mol. The van der Waals surface area contributed by atoms with E-state index in [-0.39, 0.29) is 24.0 Å². The van der Waals surface area contributed by atoms with Crippen molar-refractivity contribution in [3.63, 3.8) is 0 Å². The molecule has 0 heterocycles. The van der Waals surface area contributed by atoms with Gasteiger partial charge in [0.2, 0.25) is 5.12 Å². The van der Waals surface area contributed by atoms with Gasteiger partial charge in [0, 0.05) is 16.7 Å². The van der Waals surface area contributed by atoms with E-state index in [1.54, 1.807) is 26.8 Å². The molecule has 2 N–H and O–H groups in total. The molecule has 4 aliphatic rings. The number of alkyl halides is 1. The molecule has 0 aromatic carbocycles. The number of carbonyl (C=O) groups excluding carboxylic acids is 2. The van der Waals surface area contributed by atoms with Crippen molar-refractivity contribution in [1.29, 1.82) is 0 Å². The van der Waals surface area contributed by atoms with Crippen LogP contribution in [-0.4, -0.2) is 38.5 Å². The molecule has 8 atom stereocenters. The van der Waals surface area contributed by atoms with Gasteiger partial charge in [-0.2, -0.15) is 0 Å². The van der Waals surface area contributed by atoms with Gasteiger partial charge in [0.25, 0.3) is 0 Å². The SMILES string of the molecule is C[C@H]1C[C@H]2[C@@H]3CCC4=CC(=O)C=C[C@]4(C)[C@@]3(F)[C@@H](O)C[C@]2(C)[C@@]1(O)C(=O)S. The number of rotatable bonds is 1. The van der Waals surface area contributed by atoms with Gasteiger partial charge in [-0.25, -0.2) is 4.39 Å². The van der Waals surface area contributed by atoms with Gasteiger partial charge < -0.3 is 10.2 Å². The number of fused-ring (bicyclic) bond motifs is 5. The molecule has 0 aromatic rings. The fraction of sp³-hybridized carbons (Fsp3) is 0.714. The molecule has 0 bridgehead atoms. The van der Waals surface area contributed by atoms with Crippen molar-refractivity contribution >= 4 is 23.5 Å². The third-order valence-electron chi connectivity index (χ3n) is 8.55. The summed E-state index contributed by atoms with van der Waals surface area (Å²) in [5, 5.41) is 21.8. The second-order valence-corrected chi connectivity index (χ2v) is 9.88. The zero-order valence-corrected chi connectivity index (χ0v) is 16.8. The molecule has 3 fully saturated rings. The lowest BCUT2D eigenvalue weighted by Crippen LogP contribution is -2.69. The maximum Gasteiger partial charge on any atom is 0.218 e. The van der Waals surface area contributed by atoms with Gasteiger partial charge >= 0.3 is 0 Å². The molecule has 6 heteroatoms. The fourth-order valence-electron chi connectivity index (χ4n) is 7.00. The molecule has 0 saturated heterocycles. The number of halogens is 1. The summed E-state index contributed by atoms with van der Waals surface area (Å²) in [5.74, 6) is -1.26. The maximum atomic E-state index is 16.8. The molecule has 4 rings (SSSR count). The minimum absolute atomic E-state index is 0.0114. The van der Waals surface area contributed by atoms with Gasteiger partial charge in [-0.15, -0.1) is 12.6 Å². The second-order valence-electron chi connectivity index (χ2n) is 9.47. The van der Waals surface area contributed by atoms with E-state index in [4.69, 9.17) is 0 Å². The first-order valence-electron chi connectivity index (χ1n) is 9.70. The summed E-state index contributed by atoms with van der Waals surface area (Å²) in [7, 11) is 0. The van der Waals surface area contributed by atoms with Crippen molar-refractivity contribution in [3.05, 3.63) is 23.8 Å². The Balaban J connectivity index is 1.85. The molecule has 0 aromatic heterocycles. The molecular formula is C21H27FO4S. The average molecular weight is 395 g/mol. The number of aliphatic hydroxyl groups excluding tert-OH is 1. The maximum absolute atomic E-state index is 16.8. The summed E-state index contributed by atoms with van der Waals surface area (Å²) in [5.41, 5.74) is -4.89. The van der Waals surface area contributed by atoms with Gasteiger partial charge in [-0.05, 0) is 56.6 Å². The quantitative estimate of drug-likeness (QED) is 0.598. The number of thiol groups is 1. The van der Waals surface area contributed by atoms with Crippen LogP contribution in [-0.2, 0) is 9.59 Å². The van der Waals surface area contributed by atoms with E-state index in [9.17, 15) is 19.8 Å². The van der Waals surface area contributed by atoms with Crippen molar-refractivity contribution in [3.8, 4) is 0 Å². The van der Waals surface area contributed by atoms with Crippen molar-refractivity contribution in [2.75, 3.05) is 0 Å². The van der Waals surface area contributed by atoms with Crippen LogP contribution in [0.25, 0.3) is 0 Å². The van der Waals surface area contributed by atoms with E-state index in [2.05, 4.69) is 12.6 Å². The lowest BCUT2D eigenvalue weighted by molar-refractivity contribution is -0.216. The van der Waals surface area contributed by atoms with Crippen LogP contribution >= 0.6 is 12.6 Å². The first kappa shape index (κ1) is 19.3. The Hall–Kier alpha value is -0.980. The lowest BCUT2D eigenvalue weighted by atomic mass is 9.45. The topological polar surface area (TPSA) is 74.6 Å². The zero-order chi connectivity index (χ0) is 20.0. The Bertz CT molecular complexity index is 793. The number of ketones is 1. The number of aliphatic hydroxyl groups is 2. The van der Waals surface area contributed by atoms with Crippen LogP contribution in [0.4, 0.5) is 4.39 Å². The predicted molar refractivity (Wildman–Crippen MR) is 102 cm³/mol. The van der Waals surface area contributed by atoms with Crippen LogP contribution in [0.5, 0.6) is 0 Å². The van der Waals surface area contributed by atoms with Crippen LogP contribution in [0.15, 0.2) is 23.8 Å². The number of allylic oxidation sites excluding steroid dienone is 4. The number of carbonyl (C=O) groups is 2. The van der Waals surface area contributed by atoms with Crippen LogP contribution < -0.4 is 0 Å². The van der Waals surface area contributed by atoms with E-state index in [0.717, 1.165) is 5.57 Å². The minimum atomic E-state index is -1.94. The summed E-state index contributed by atoms with van der Waals surface area (Å²) in [6.45, 7) is 5.36. The monoisotopic (exact) mass is 394 g/mol. The number of hydrogen-bond donors (Lipinski definition) is 3. The largest absolute Gasteiger partial charge is 0.390 e. The van der Waals surface area contributed by atoms with Gasteiger partial charge in [0.15, 0.2) is 11.5 Å². The fourth-order valence-corrected chi connectivity index (χ4v) is 7.48. The Kier molecular flexibility index (Phi) is 3.97. The molecule has 4 aliphatic carbocycles. The highest BCUT2D eigenvalue weighted by Crippen LogP contribution is 2.70. The van der Waals surface area contributed by atoms with Crippen molar-refractivity contribution in [1.82, 2.24) is 0 Å². The predicted octanol–water partition coefficient (Wildman–Crippen LogP) is 2.79. The van der Waals surface area contributed by atoms with Gasteiger partial charge in [-0.3, -0.25) is 9.59 Å². The van der Waals surface area contributed by atoms with E-state index in [1.165, 1.54) is 12.2 Å². The van der Waals surface area contributed by atoms with Gasteiger partial charge in [-0.1, -0.05) is 25.5 Å². The summed E-state index contributed by atoms with van der Waals surface area (Å²) in [4.78, 5) is 24.1. The highest BCUT2D eigenvalue weighted by molar-refractivity contribution is 7.96. The van der Waals surface area contributed by atoms with Crippen LogP contribution in [0.3, 0.4) is 0 Å². The third-order valence-corrected chi connectivity index (χ3v) is 8.89. The van der Waals surface area contributed by atoms with Crippen LogP contribution in [0, 0.1) is 28.6 Å². The Morgan fingerprint density at radius 2 is 2.00 bits per heavy atom. The van der Waals surface area contributed by atoms with Crippen molar-refractivity contribution < 1.29 is 24.2 Å². The zero-order valence-electron chi connectivity index (χ0n) is 15.9. The van der Waals surface area contributed by atoms with Gasteiger partial charge in [0.05, 0.1) is 6.10 Å². The van der Waals surface area contributed by atoms with E-state index in [0.29, 0.717) is 19.3 Å². The Labute approximate surface area is 164 Å². The standard InChI is InChI=1S/C21H27FO4S/c1-11-8-15-14-5-4-12-9-13(23)6-7-18(12,2)20(14,22)16(24)10-19(15,3)21(11,26)17(25)27/h6-7,9,11,14-16,24,26H,4-5,8,10H2,1-3H3,(H,25,27)/t11-,14-,15-,16-,18-,19-,20-,21-/m0/s1. The summed E-state index contributed by atoms with van der Waals surface area (Å²) < 4.78 is 16.8. The molecule has 0 unspecified atom stereocenters. The minimum Gasteiger partial charge on any atom is -0.390 e. The smallest absolute Gasteiger partial charge is 0.218 e. The van der Waals surface area contributed by atoms with E-state index < -0.39 is 39.2 Å². The normalized spacial score (nSPS) is 54.0. The first-order chi connectivity index (χ1) is 12.4. The third kappa shape index (κ3) is 2.02. The summed E-state index contributed by atoms with van der Waals surface area (Å²) in [6, 6.07) is 0. The van der Waals surface area contributed by atoms with Gasteiger partial charge in [0.1, 0.15) is 5.60 Å². The molecule has 27 heavy (non-hydrogen) atoms. The molecule has 3 saturated carbocycles. The summed E-state index contributed by atoms with van der Waals surface area (Å²) >= 11 is 3.96. The Morgan fingerprint density at radius 3 is 2.63 bits per heavy atom. The Morgan fingerprint density at radius 1 is 1.33 bits per heavy atom. The molecule has 0 radical (unpaired) electrons. The molecule has 0 amide bonds. The molecule has 0 aliphatic heterocycles. The molecule has 148 valence electrons. The van der Waals surface area contributed by atoms with Crippen LogP contribution in [0.2, 0.25) is 0 Å². The molecule has 4 nitrogen and oxygen atoms in total. The summed E-state index contributed by atoms with van der Waals surface area (Å²) in [6.07, 6.45) is 4.71. The second kappa shape index (κ2) is 5.55. The molecule has 0 spiro atoms.